The van der Waals surface area contributed by atoms with Gasteiger partial charge in [-0.3, -0.25) is 4.79 Å². The van der Waals surface area contributed by atoms with Gasteiger partial charge in [-0.25, -0.2) is 8.42 Å². The van der Waals surface area contributed by atoms with Crippen molar-refractivity contribution in [2.75, 3.05) is 23.0 Å². The maximum atomic E-state index is 11.5. The van der Waals surface area contributed by atoms with Gasteiger partial charge >= 0.3 is 5.97 Å². The number of carboxylic acid groups (broad SMARTS) is 1. The molecule has 0 spiro atoms. The second-order valence-electron chi connectivity index (χ2n) is 4.87. The minimum absolute atomic E-state index is 0.0295. The molecule has 2 heterocycles. The van der Waals surface area contributed by atoms with Crippen LogP contribution in [0.25, 0.3) is 0 Å². The predicted octanol–water partition coefficient (Wildman–Crippen LogP) is 0.134. The van der Waals surface area contributed by atoms with E-state index >= 15 is 0 Å². The van der Waals surface area contributed by atoms with Crippen LogP contribution in [0, 0.1) is 5.41 Å². The molecule has 17 heavy (non-hydrogen) atoms. The lowest BCUT2D eigenvalue weighted by molar-refractivity contribution is -0.168. The molecule has 0 aliphatic carbocycles. The number of sulfone groups is 1. The number of thioether (sulfide) groups is 1. The van der Waals surface area contributed by atoms with Crippen molar-refractivity contribution in [3.8, 4) is 0 Å². The Bertz CT molecular complexity index is 408. The average Bonchev–Trinajstić information content (AvgIpc) is 2.66. The molecule has 0 amide bonds. The van der Waals surface area contributed by atoms with Crippen LogP contribution in [0.2, 0.25) is 0 Å². The van der Waals surface area contributed by atoms with Gasteiger partial charge in [-0.1, -0.05) is 0 Å². The van der Waals surface area contributed by atoms with Gasteiger partial charge in [0, 0.05) is 5.75 Å². The summed E-state index contributed by atoms with van der Waals surface area (Å²) in [6, 6.07) is 0. The highest BCUT2D eigenvalue weighted by molar-refractivity contribution is 7.99. The number of carbonyl (C=O) groups is 1. The summed E-state index contributed by atoms with van der Waals surface area (Å²) in [6.45, 7) is 0. The number of hydrogen-bond acceptors (Lipinski definition) is 5. The van der Waals surface area contributed by atoms with Crippen molar-refractivity contribution in [2.24, 2.45) is 5.41 Å². The molecular weight excluding hydrogens is 264 g/mol. The molecule has 0 aromatic heterocycles. The quantitative estimate of drug-likeness (QED) is 0.747. The van der Waals surface area contributed by atoms with Gasteiger partial charge in [0.2, 0.25) is 0 Å². The van der Waals surface area contributed by atoms with Gasteiger partial charge in [0.25, 0.3) is 0 Å². The largest absolute Gasteiger partial charge is 0.481 e. The highest BCUT2D eigenvalue weighted by atomic mass is 32.2. The van der Waals surface area contributed by atoms with Crippen molar-refractivity contribution in [3.05, 3.63) is 0 Å². The van der Waals surface area contributed by atoms with Crippen LogP contribution in [0.15, 0.2) is 0 Å². The van der Waals surface area contributed by atoms with Gasteiger partial charge < -0.3 is 10.2 Å². The monoisotopic (exact) mass is 280 g/mol. The van der Waals surface area contributed by atoms with E-state index in [0.717, 1.165) is 5.75 Å². The van der Waals surface area contributed by atoms with Crippen LogP contribution in [0.1, 0.15) is 19.3 Å². The molecule has 2 fully saturated rings. The third kappa shape index (κ3) is 2.08. The number of aliphatic hydroxyl groups is 1. The number of hydrogen-bond donors (Lipinski definition) is 2. The maximum absolute atomic E-state index is 11.5. The molecule has 2 aliphatic heterocycles. The standard InChI is InChI=1S/C10H16O5S2/c11-8(12)9(10(13)1-4-16-7-10)2-5-17(14,15)6-3-9/h13H,1-7H2,(H,11,12). The Hall–Kier alpha value is -0.270. The second kappa shape index (κ2) is 4.13. The molecule has 0 radical (unpaired) electrons. The van der Waals surface area contributed by atoms with Gasteiger partial charge in [0.05, 0.1) is 22.5 Å². The first-order chi connectivity index (χ1) is 7.81. The molecule has 5 nitrogen and oxygen atoms in total. The Labute approximate surface area is 105 Å². The SMILES string of the molecule is O=C(O)C1(C2(O)CCSC2)CCS(=O)(=O)CC1. The maximum Gasteiger partial charge on any atom is 0.312 e. The van der Waals surface area contributed by atoms with E-state index in [9.17, 15) is 23.4 Å². The summed E-state index contributed by atoms with van der Waals surface area (Å²) in [4.78, 5) is 11.5. The molecule has 0 saturated carbocycles. The molecule has 0 aromatic rings. The van der Waals surface area contributed by atoms with Gasteiger partial charge in [0.15, 0.2) is 0 Å². The number of rotatable bonds is 2. The number of aliphatic carboxylic acids is 1. The van der Waals surface area contributed by atoms with Crippen LogP contribution >= 0.6 is 11.8 Å². The van der Waals surface area contributed by atoms with Crippen molar-refractivity contribution in [2.45, 2.75) is 24.9 Å². The average molecular weight is 280 g/mol. The Morgan fingerprint density at radius 1 is 1.18 bits per heavy atom. The zero-order chi connectivity index (χ0) is 12.7. The fraction of sp³-hybridized carbons (Fsp3) is 0.900. The molecular formula is C10H16O5S2. The van der Waals surface area contributed by atoms with Crippen LogP contribution in [0.3, 0.4) is 0 Å². The molecule has 1 atom stereocenters. The molecule has 98 valence electrons. The summed E-state index contributed by atoms with van der Waals surface area (Å²) >= 11 is 1.53. The highest BCUT2D eigenvalue weighted by Crippen LogP contribution is 2.49. The van der Waals surface area contributed by atoms with Crippen LogP contribution < -0.4 is 0 Å². The summed E-state index contributed by atoms with van der Waals surface area (Å²) in [6.07, 6.45) is 0.494. The lowest BCUT2D eigenvalue weighted by Gasteiger charge is -2.43. The molecule has 0 bridgehead atoms. The molecule has 2 rings (SSSR count). The first-order valence-electron chi connectivity index (χ1n) is 5.55. The Kier molecular flexibility index (Phi) is 3.20. The fourth-order valence-corrected chi connectivity index (χ4v) is 5.60. The van der Waals surface area contributed by atoms with Crippen LogP contribution in [0.4, 0.5) is 0 Å². The van der Waals surface area contributed by atoms with E-state index in [4.69, 9.17) is 0 Å². The molecule has 7 heteroatoms. The summed E-state index contributed by atoms with van der Waals surface area (Å²) in [5, 5.41) is 19.9. The van der Waals surface area contributed by atoms with E-state index in [0.29, 0.717) is 12.2 Å². The topological polar surface area (TPSA) is 91.7 Å². The third-order valence-corrected chi connectivity index (χ3v) is 6.81. The van der Waals surface area contributed by atoms with Crippen molar-refractivity contribution in [1.29, 1.82) is 0 Å². The lowest BCUT2D eigenvalue weighted by Crippen LogP contribution is -2.57. The zero-order valence-corrected chi connectivity index (χ0v) is 11.0. The normalized spacial score (nSPS) is 35.6. The van der Waals surface area contributed by atoms with Gasteiger partial charge in [-0.05, 0) is 25.0 Å². The first-order valence-corrected chi connectivity index (χ1v) is 8.53. The fourth-order valence-electron chi connectivity index (χ4n) is 2.70. The highest BCUT2D eigenvalue weighted by Gasteiger charge is 2.58. The van der Waals surface area contributed by atoms with E-state index in [2.05, 4.69) is 0 Å². The number of carboxylic acids is 1. The van der Waals surface area contributed by atoms with E-state index in [1.807, 2.05) is 0 Å². The Morgan fingerprint density at radius 3 is 2.18 bits per heavy atom. The second-order valence-corrected chi connectivity index (χ2v) is 8.28. The van der Waals surface area contributed by atoms with Gasteiger partial charge in [0.1, 0.15) is 9.84 Å². The molecule has 2 N–H and O–H groups in total. The lowest BCUT2D eigenvalue weighted by atomic mass is 9.67. The van der Waals surface area contributed by atoms with E-state index < -0.39 is 26.8 Å². The Balaban J connectivity index is 2.32. The van der Waals surface area contributed by atoms with Crippen LogP contribution in [-0.4, -0.2) is 53.2 Å². The van der Waals surface area contributed by atoms with Crippen molar-refractivity contribution in [3.63, 3.8) is 0 Å². The first kappa shape index (κ1) is 13.2. The van der Waals surface area contributed by atoms with Crippen LogP contribution in [-0.2, 0) is 14.6 Å². The van der Waals surface area contributed by atoms with Gasteiger partial charge in [-0.2, -0.15) is 11.8 Å². The minimum Gasteiger partial charge on any atom is -0.481 e. The van der Waals surface area contributed by atoms with E-state index in [1.54, 1.807) is 0 Å². The molecule has 1 unspecified atom stereocenters. The van der Waals surface area contributed by atoms with Gasteiger partial charge in [-0.15, -0.1) is 0 Å². The van der Waals surface area contributed by atoms with E-state index in [-0.39, 0.29) is 24.3 Å². The van der Waals surface area contributed by atoms with Crippen molar-refractivity contribution >= 4 is 27.6 Å². The summed E-state index contributed by atoms with van der Waals surface area (Å²) in [7, 11) is -3.12. The molecule has 2 saturated heterocycles. The predicted molar refractivity (Wildman–Crippen MR) is 64.8 cm³/mol. The van der Waals surface area contributed by atoms with Crippen LogP contribution in [0.5, 0.6) is 0 Å². The third-order valence-electron chi connectivity index (χ3n) is 3.98. The van der Waals surface area contributed by atoms with Crippen molar-refractivity contribution in [1.82, 2.24) is 0 Å². The summed E-state index contributed by atoms with van der Waals surface area (Å²) < 4.78 is 22.8. The summed E-state index contributed by atoms with van der Waals surface area (Å²) in [5.41, 5.74) is -2.53. The minimum atomic E-state index is -3.12. The summed E-state index contributed by atoms with van der Waals surface area (Å²) in [5.74, 6) is -0.201. The molecule has 0 aromatic carbocycles. The Morgan fingerprint density at radius 2 is 1.76 bits per heavy atom. The van der Waals surface area contributed by atoms with E-state index in [1.165, 1.54) is 11.8 Å². The zero-order valence-electron chi connectivity index (χ0n) is 9.39. The smallest absolute Gasteiger partial charge is 0.312 e. The van der Waals surface area contributed by atoms with Crippen molar-refractivity contribution < 1.29 is 23.4 Å². The molecule has 2 aliphatic rings.